The molecule has 3 heterocycles. The number of carbonyl (C=O) groups excluding carboxylic acids is 1. The highest BCUT2D eigenvalue weighted by Crippen LogP contribution is 2.28. The predicted molar refractivity (Wildman–Crippen MR) is 128 cm³/mol. The highest BCUT2D eigenvalue weighted by Gasteiger charge is 2.17. The van der Waals surface area contributed by atoms with Crippen LogP contribution in [0, 0.1) is 0 Å². The van der Waals surface area contributed by atoms with Gasteiger partial charge in [-0.1, -0.05) is 42.5 Å². The fraction of sp³-hybridized carbons (Fsp3) is 0.0417. The molecular weight excluding hydrogens is 424 g/mol. The van der Waals surface area contributed by atoms with E-state index in [-0.39, 0.29) is 5.91 Å². The van der Waals surface area contributed by atoms with E-state index >= 15 is 0 Å². The van der Waals surface area contributed by atoms with Crippen LogP contribution in [0.1, 0.15) is 17.1 Å². The first-order valence-electron chi connectivity index (χ1n) is 9.73. The molecule has 5 rings (SSSR count). The van der Waals surface area contributed by atoms with Crippen molar-refractivity contribution in [2.45, 2.75) is 6.54 Å². The van der Waals surface area contributed by atoms with Gasteiger partial charge in [0.25, 0.3) is 5.91 Å². The number of imidazole rings is 1. The van der Waals surface area contributed by atoms with E-state index in [1.54, 1.807) is 28.7 Å². The highest BCUT2D eigenvalue weighted by molar-refractivity contribution is 7.14. The number of thiophene rings is 1. The third-order valence-corrected chi connectivity index (χ3v) is 6.36. The number of rotatable bonds is 6. The second-order valence-corrected chi connectivity index (χ2v) is 8.56. The summed E-state index contributed by atoms with van der Waals surface area (Å²) in [6.07, 6.45) is 1.80. The monoisotopic (exact) mass is 442 g/mol. The zero-order valence-corrected chi connectivity index (χ0v) is 18.0. The summed E-state index contributed by atoms with van der Waals surface area (Å²) in [5.74, 6) is 0.324. The van der Waals surface area contributed by atoms with Crippen LogP contribution in [0.3, 0.4) is 0 Å². The van der Waals surface area contributed by atoms with Crippen LogP contribution in [-0.4, -0.2) is 20.9 Å². The molecule has 2 N–H and O–H groups in total. The number of aromatic nitrogens is 3. The number of H-pyrrole nitrogens is 1. The summed E-state index contributed by atoms with van der Waals surface area (Å²) in [5, 5.41) is 10.00. The minimum atomic E-state index is -0.201. The first kappa shape index (κ1) is 19.4. The quantitative estimate of drug-likeness (QED) is 0.336. The molecule has 1 amide bonds. The summed E-state index contributed by atoms with van der Waals surface area (Å²) in [6.45, 7) is 0.439. The van der Waals surface area contributed by atoms with Gasteiger partial charge in [-0.05, 0) is 35.2 Å². The van der Waals surface area contributed by atoms with Crippen molar-refractivity contribution in [3.8, 4) is 10.6 Å². The van der Waals surface area contributed by atoms with Crippen molar-refractivity contribution in [3.63, 3.8) is 0 Å². The number of fused-ring (bicyclic) bond motifs is 1. The molecule has 0 spiro atoms. The molecule has 0 unspecified atom stereocenters. The standard InChI is InChI=1S/C24H18N4OS2/c29-23(25-13-16-6-2-1-3-7-16)19(22-27-20-8-4-5-9-21(20)28-22)12-18-15-31-24(26-18)17-10-11-30-14-17/h1-12,14-15H,13H2,(H,25,29)(H,27,28). The number of nitrogens with one attached hydrogen (secondary N) is 2. The summed E-state index contributed by atoms with van der Waals surface area (Å²) >= 11 is 3.20. The summed E-state index contributed by atoms with van der Waals surface area (Å²) in [7, 11) is 0. The van der Waals surface area contributed by atoms with Crippen LogP contribution >= 0.6 is 22.7 Å². The van der Waals surface area contributed by atoms with Crippen LogP contribution in [0.25, 0.3) is 33.3 Å². The lowest BCUT2D eigenvalue weighted by Gasteiger charge is -2.07. The molecule has 0 fully saturated rings. The van der Waals surface area contributed by atoms with Crippen molar-refractivity contribution >= 4 is 51.3 Å². The van der Waals surface area contributed by atoms with Crippen molar-refractivity contribution in [2.24, 2.45) is 0 Å². The first-order chi connectivity index (χ1) is 15.3. The summed E-state index contributed by atoms with van der Waals surface area (Å²) in [6, 6.07) is 19.6. The minimum absolute atomic E-state index is 0.201. The Morgan fingerprint density at radius 1 is 1.00 bits per heavy atom. The van der Waals surface area contributed by atoms with E-state index in [1.165, 1.54) is 0 Å². The van der Waals surface area contributed by atoms with Crippen molar-refractivity contribution in [3.05, 3.63) is 93.9 Å². The normalized spacial score (nSPS) is 11.7. The number of hydrogen-bond donors (Lipinski definition) is 2. The van der Waals surface area contributed by atoms with E-state index in [4.69, 9.17) is 4.98 Å². The fourth-order valence-electron chi connectivity index (χ4n) is 3.21. The highest BCUT2D eigenvalue weighted by atomic mass is 32.1. The molecule has 0 aliphatic heterocycles. The van der Waals surface area contributed by atoms with Gasteiger partial charge in [0.15, 0.2) is 0 Å². The molecular formula is C24H18N4OS2. The second kappa shape index (κ2) is 8.67. The van der Waals surface area contributed by atoms with Gasteiger partial charge in [-0.2, -0.15) is 11.3 Å². The van der Waals surface area contributed by atoms with E-state index in [0.717, 1.165) is 32.9 Å². The van der Waals surface area contributed by atoms with Gasteiger partial charge in [0.2, 0.25) is 0 Å². The number of amides is 1. The van der Waals surface area contributed by atoms with E-state index in [0.29, 0.717) is 17.9 Å². The maximum atomic E-state index is 13.2. The van der Waals surface area contributed by atoms with Crippen molar-refractivity contribution < 1.29 is 4.79 Å². The van der Waals surface area contributed by atoms with Crippen LogP contribution in [0.15, 0.2) is 76.8 Å². The molecule has 0 aliphatic rings. The Labute approximate surface area is 187 Å². The predicted octanol–water partition coefficient (Wildman–Crippen LogP) is 5.60. The number of para-hydroxylation sites is 2. The van der Waals surface area contributed by atoms with Crippen molar-refractivity contribution in [1.82, 2.24) is 20.3 Å². The van der Waals surface area contributed by atoms with Gasteiger partial charge < -0.3 is 10.3 Å². The van der Waals surface area contributed by atoms with Gasteiger partial charge in [-0.3, -0.25) is 4.79 Å². The Morgan fingerprint density at radius 2 is 1.84 bits per heavy atom. The van der Waals surface area contributed by atoms with Crippen LogP contribution in [-0.2, 0) is 11.3 Å². The van der Waals surface area contributed by atoms with Gasteiger partial charge in [0.1, 0.15) is 10.8 Å². The van der Waals surface area contributed by atoms with Crippen LogP contribution in [0.4, 0.5) is 0 Å². The number of nitrogens with zero attached hydrogens (tertiary/aromatic N) is 2. The molecule has 5 aromatic rings. The fourth-order valence-corrected chi connectivity index (χ4v) is 4.70. The number of aromatic amines is 1. The molecule has 0 saturated heterocycles. The lowest BCUT2D eigenvalue weighted by atomic mass is 10.1. The summed E-state index contributed by atoms with van der Waals surface area (Å²) in [4.78, 5) is 25.8. The third-order valence-electron chi connectivity index (χ3n) is 4.77. The van der Waals surface area contributed by atoms with E-state index < -0.39 is 0 Å². The molecule has 31 heavy (non-hydrogen) atoms. The number of carbonyl (C=O) groups is 1. The van der Waals surface area contributed by atoms with Crippen LogP contribution in [0.5, 0.6) is 0 Å². The van der Waals surface area contributed by atoms with Crippen molar-refractivity contribution in [1.29, 1.82) is 0 Å². The molecule has 3 aromatic heterocycles. The number of hydrogen-bond acceptors (Lipinski definition) is 5. The van der Waals surface area contributed by atoms with Gasteiger partial charge in [0, 0.05) is 22.9 Å². The molecule has 0 aliphatic carbocycles. The molecule has 2 aromatic carbocycles. The smallest absolute Gasteiger partial charge is 0.255 e. The Balaban J connectivity index is 1.49. The van der Waals surface area contributed by atoms with Crippen LogP contribution in [0.2, 0.25) is 0 Å². The zero-order valence-electron chi connectivity index (χ0n) is 16.4. The molecule has 152 valence electrons. The Morgan fingerprint density at radius 3 is 2.65 bits per heavy atom. The SMILES string of the molecule is O=C(NCc1ccccc1)C(=Cc1csc(-c2ccsc2)n1)c1nc2ccccc2[nH]1. The molecule has 0 atom stereocenters. The van der Waals surface area contributed by atoms with Gasteiger partial charge in [-0.15, -0.1) is 11.3 Å². The molecule has 0 saturated carbocycles. The Bertz CT molecular complexity index is 1320. The molecule has 5 nitrogen and oxygen atoms in total. The lowest BCUT2D eigenvalue weighted by Crippen LogP contribution is -2.24. The molecule has 7 heteroatoms. The summed E-state index contributed by atoms with van der Waals surface area (Å²) in [5.41, 5.74) is 5.01. The maximum absolute atomic E-state index is 13.2. The first-order valence-corrected chi connectivity index (χ1v) is 11.6. The van der Waals surface area contributed by atoms with E-state index in [1.807, 2.05) is 71.4 Å². The Kier molecular flexibility index (Phi) is 5.43. The average Bonchev–Trinajstić information content (AvgIpc) is 3.56. The number of thiazole rings is 1. The van der Waals surface area contributed by atoms with Gasteiger partial charge in [-0.25, -0.2) is 9.97 Å². The average molecular weight is 443 g/mol. The van der Waals surface area contributed by atoms with Gasteiger partial charge in [0.05, 0.1) is 22.3 Å². The van der Waals surface area contributed by atoms with Crippen molar-refractivity contribution in [2.75, 3.05) is 0 Å². The zero-order chi connectivity index (χ0) is 21.0. The lowest BCUT2D eigenvalue weighted by molar-refractivity contribution is -0.115. The molecule has 0 bridgehead atoms. The van der Waals surface area contributed by atoms with E-state index in [9.17, 15) is 4.79 Å². The Hall–Kier alpha value is -3.55. The van der Waals surface area contributed by atoms with E-state index in [2.05, 4.69) is 20.7 Å². The molecule has 0 radical (unpaired) electrons. The topological polar surface area (TPSA) is 70.7 Å². The number of benzene rings is 2. The summed E-state index contributed by atoms with van der Waals surface area (Å²) < 4.78 is 0. The third kappa shape index (κ3) is 4.33. The second-order valence-electron chi connectivity index (χ2n) is 6.92. The minimum Gasteiger partial charge on any atom is -0.348 e. The largest absolute Gasteiger partial charge is 0.348 e. The van der Waals surface area contributed by atoms with Crippen LogP contribution < -0.4 is 5.32 Å². The van der Waals surface area contributed by atoms with Gasteiger partial charge >= 0.3 is 0 Å². The maximum Gasteiger partial charge on any atom is 0.255 e.